The number of amides is 1. The first-order valence-corrected chi connectivity index (χ1v) is 6.09. The number of halogens is 3. The summed E-state index contributed by atoms with van der Waals surface area (Å²) in [4.78, 5) is 11.4. The lowest BCUT2D eigenvalue weighted by Gasteiger charge is -2.09. The van der Waals surface area contributed by atoms with E-state index in [2.05, 4.69) is 10.1 Å². The van der Waals surface area contributed by atoms with E-state index in [1.54, 1.807) is 24.3 Å². The van der Waals surface area contributed by atoms with Crippen molar-refractivity contribution in [2.75, 3.05) is 33.5 Å². The summed E-state index contributed by atoms with van der Waals surface area (Å²) in [5, 5.41) is 2.38. The summed E-state index contributed by atoms with van der Waals surface area (Å²) < 4.78 is 49.8. The first kappa shape index (κ1) is 17.1. The van der Waals surface area contributed by atoms with Gasteiger partial charge in [-0.1, -0.05) is 0 Å². The molecule has 1 N–H and O–H groups in total. The molecule has 1 aromatic rings. The van der Waals surface area contributed by atoms with E-state index in [1.165, 1.54) is 7.11 Å². The second kappa shape index (κ2) is 8.35. The number of carbonyl (C=O) groups is 1. The van der Waals surface area contributed by atoms with Gasteiger partial charge in [0.1, 0.15) is 18.1 Å². The van der Waals surface area contributed by atoms with Crippen LogP contribution in [-0.4, -0.2) is 45.6 Å². The zero-order valence-electron chi connectivity index (χ0n) is 11.4. The number of methoxy groups -OCH3 is 1. The van der Waals surface area contributed by atoms with Gasteiger partial charge in [-0.25, -0.2) is 0 Å². The van der Waals surface area contributed by atoms with E-state index >= 15 is 0 Å². The molecule has 0 spiro atoms. The van der Waals surface area contributed by atoms with Crippen molar-refractivity contribution >= 4 is 5.91 Å². The summed E-state index contributed by atoms with van der Waals surface area (Å²) in [6.07, 6.45) is -4.36. The van der Waals surface area contributed by atoms with Gasteiger partial charge in [0.15, 0.2) is 6.61 Å². The Hall–Kier alpha value is -1.96. The average molecular weight is 307 g/mol. The predicted octanol–water partition coefficient (Wildman–Crippen LogP) is 1.77. The molecule has 21 heavy (non-hydrogen) atoms. The number of benzene rings is 1. The summed E-state index contributed by atoms with van der Waals surface area (Å²) in [5.41, 5.74) is 0. The molecule has 1 amide bonds. The van der Waals surface area contributed by atoms with Crippen LogP contribution in [0.5, 0.6) is 11.5 Å². The molecule has 8 heteroatoms. The van der Waals surface area contributed by atoms with Crippen molar-refractivity contribution in [3.8, 4) is 11.5 Å². The number of ether oxygens (including phenoxy) is 3. The van der Waals surface area contributed by atoms with Gasteiger partial charge >= 0.3 is 6.18 Å². The van der Waals surface area contributed by atoms with E-state index < -0.39 is 18.7 Å². The van der Waals surface area contributed by atoms with E-state index in [9.17, 15) is 18.0 Å². The number of rotatable bonds is 8. The molecule has 5 nitrogen and oxygen atoms in total. The Morgan fingerprint density at radius 2 is 1.81 bits per heavy atom. The molecule has 0 radical (unpaired) electrons. The van der Waals surface area contributed by atoms with Crippen molar-refractivity contribution in [2.45, 2.75) is 6.18 Å². The lowest BCUT2D eigenvalue weighted by molar-refractivity contribution is -0.173. The third kappa shape index (κ3) is 8.03. The predicted molar refractivity (Wildman–Crippen MR) is 68.4 cm³/mol. The van der Waals surface area contributed by atoms with E-state index in [0.29, 0.717) is 11.5 Å². The van der Waals surface area contributed by atoms with E-state index in [0.717, 1.165) is 0 Å². The van der Waals surface area contributed by atoms with Gasteiger partial charge in [0.25, 0.3) is 5.91 Å². The Labute approximate surface area is 120 Å². The maximum Gasteiger partial charge on any atom is 0.411 e. The molecule has 0 aromatic heterocycles. The fourth-order valence-corrected chi connectivity index (χ4v) is 1.32. The molecule has 0 fully saturated rings. The molecule has 0 saturated carbocycles. The largest absolute Gasteiger partial charge is 0.497 e. The molecule has 0 aliphatic heterocycles. The third-order valence-electron chi connectivity index (χ3n) is 2.26. The van der Waals surface area contributed by atoms with Gasteiger partial charge < -0.3 is 19.5 Å². The normalized spacial score (nSPS) is 11.0. The van der Waals surface area contributed by atoms with Crippen LogP contribution < -0.4 is 14.8 Å². The highest BCUT2D eigenvalue weighted by Crippen LogP contribution is 2.16. The van der Waals surface area contributed by atoms with Crippen LogP contribution in [0.4, 0.5) is 13.2 Å². The maximum absolute atomic E-state index is 11.8. The topological polar surface area (TPSA) is 56.8 Å². The van der Waals surface area contributed by atoms with Gasteiger partial charge in [0.05, 0.1) is 13.7 Å². The molecule has 0 aliphatic rings. The standard InChI is InChI=1S/C13H16F3NO4/c1-19-10-2-4-11(5-3-10)21-8-12(18)17-6-7-20-9-13(14,15)16/h2-5H,6-9H2,1H3,(H,17,18). The molecule has 0 unspecified atom stereocenters. The minimum absolute atomic E-state index is 0.0130. The van der Waals surface area contributed by atoms with Crippen LogP contribution in [0.1, 0.15) is 0 Å². The van der Waals surface area contributed by atoms with Crippen molar-refractivity contribution in [2.24, 2.45) is 0 Å². The zero-order chi connectivity index (χ0) is 15.7. The summed E-state index contributed by atoms with van der Waals surface area (Å²) in [6, 6.07) is 6.63. The summed E-state index contributed by atoms with van der Waals surface area (Å²) in [6.45, 7) is -1.79. The molecule has 1 aromatic carbocycles. The van der Waals surface area contributed by atoms with Gasteiger partial charge in [-0.05, 0) is 24.3 Å². The van der Waals surface area contributed by atoms with Gasteiger partial charge in [0.2, 0.25) is 0 Å². The molecule has 0 saturated heterocycles. The van der Waals surface area contributed by atoms with Crippen molar-refractivity contribution in [1.29, 1.82) is 0 Å². The number of nitrogens with one attached hydrogen (secondary N) is 1. The maximum atomic E-state index is 11.8. The number of hydrogen-bond acceptors (Lipinski definition) is 4. The first-order valence-electron chi connectivity index (χ1n) is 6.09. The van der Waals surface area contributed by atoms with E-state index in [1.807, 2.05) is 0 Å². The highest BCUT2D eigenvalue weighted by molar-refractivity contribution is 5.77. The Morgan fingerprint density at radius 1 is 1.19 bits per heavy atom. The van der Waals surface area contributed by atoms with Crippen LogP contribution in [0.15, 0.2) is 24.3 Å². The molecule has 0 atom stereocenters. The smallest absolute Gasteiger partial charge is 0.411 e. The Morgan fingerprint density at radius 3 is 2.38 bits per heavy atom. The molecule has 0 bridgehead atoms. The summed E-state index contributed by atoms with van der Waals surface area (Å²) in [7, 11) is 1.53. The van der Waals surface area contributed by atoms with Crippen LogP contribution in [-0.2, 0) is 9.53 Å². The molecule has 1 rings (SSSR count). The zero-order valence-corrected chi connectivity index (χ0v) is 11.4. The molecule has 0 aliphatic carbocycles. The first-order chi connectivity index (χ1) is 9.90. The highest BCUT2D eigenvalue weighted by Gasteiger charge is 2.27. The molecule has 118 valence electrons. The number of carbonyl (C=O) groups excluding carboxylic acids is 1. The van der Waals surface area contributed by atoms with Crippen LogP contribution >= 0.6 is 0 Å². The quantitative estimate of drug-likeness (QED) is 0.744. The fraction of sp³-hybridized carbons (Fsp3) is 0.462. The SMILES string of the molecule is COc1ccc(OCC(=O)NCCOCC(F)(F)F)cc1. The monoisotopic (exact) mass is 307 g/mol. The number of hydrogen-bond donors (Lipinski definition) is 1. The summed E-state index contributed by atoms with van der Waals surface area (Å²) in [5.74, 6) is 0.703. The second-order valence-electron chi connectivity index (χ2n) is 3.98. The lowest BCUT2D eigenvalue weighted by Crippen LogP contribution is -2.32. The van der Waals surface area contributed by atoms with Crippen molar-refractivity contribution < 1.29 is 32.2 Å². The minimum Gasteiger partial charge on any atom is -0.497 e. The lowest BCUT2D eigenvalue weighted by atomic mass is 10.3. The van der Waals surface area contributed by atoms with Crippen molar-refractivity contribution in [1.82, 2.24) is 5.32 Å². The van der Waals surface area contributed by atoms with Gasteiger partial charge in [-0.3, -0.25) is 4.79 Å². The number of alkyl halides is 3. The fourth-order valence-electron chi connectivity index (χ4n) is 1.32. The third-order valence-corrected chi connectivity index (χ3v) is 2.26. The molecule has 0 heterocycles. The van der Waals surface area contributed by atoms with Crippen LogP contribution in [0.25, 0.3) is 0 Å². The Kier molecular flexibility index (Phi) is 6.80. The Balaban J connectivity index is 2.13. The molecular weight excluding hydrogens is 291 g/mol. The van der Waals surface area contributed by atoms with Crippen molar-refractivity contribution in [3.05, 3.63) is 24.3 Å². The van der Waals surface area contributed by atoms with Crippen LogP contribution in [0.2, 0.25) is 0 Å². The van der Waals surface area contributed by atoms with Crippen molar-refractivity contribution in [3.63, 3.8) is 0 Å². The second-order valence-corrected chi connectivity index (χ2v) is 3.98. The Bertz CT molecular complexity index is 434. The van der Waals surface area contributed by atoms with Gasteiger partial charge in [-0.2, -0.15) is 13.2 Å². The van der Waals surface area contributed by atoms with Crippen LogP contribution in [0, 0.1) is 0 Å². The van der Waals surface area contributed by atoms with Gasteiger partial charge in [-0.15, -0.1) is 0 Å². The summed E-state index contributed by atoms with van der Waals surface area (Å²) >= 11 is 0. The highest BCUT2D eigenvalue weighted by atomic mass is 19.4. The minimum atomic E-state index is -4.36. The van der Waals surface area contributed by atoms with Gasteiger partial charge in [0, 0.05) is 6.54 Å². The van der Waals surface area contributed by atoms with Crippen LogP contribution in [0.3, 0.4) is 0 Å². The van der Waals surface area contributed by atoms with E-state index in [-0.39, 0.29) is 19.8 Å². The van der Waals surface area contributed by atoms with E-state index in [4.69, 9.17) is 9.47 Å². The molecular formula is C13H16F3NO4. The average Bonchev–Trinajstić information content (AvgIpc) is 2.44.